The second kappa shape index (κ2) is 7.06. The van der Waals surface area contributed by atoms with E-state index < -0.39 is 11.5 Å². The molecule has 0 aliphatic heterocycles. The second-order valence-electron chi connectivity index (χ2n) is 4.98. The molecule has 3 aromatic rings. The molecule has 0 fully saturated rings. The van der Waals surface area contributed by atoms with Crippen LogP contribution in [0.15, 0.2) is 81.3 Å². The number of aromatic amines is 1. The third kappa shape index (κ3) is 3.85. The average molecular weight is 338 g/mol. The fraction of sp³-hybridized carbons (Fsp3) is 0. The fourth-order valence-electron chi connectivity index (χ4n) is 2.13. The summed E-state index contributed by atoms with van der Waals surface area (Å²) in [7, 11) is 0. The zero-order chi connectivity index (χ0) is 16.9. The summed E-state index contributed by atoms with van der Waals surface area (Å²) in [6.45, 7) is 0. The van der Waals surface area contributed by atoms with Crippen LogP contribution in [-0.2, 0) is 0 Å². The van der Waals surface area contributed by atoms with Crippen LogP contribution in [0.1, 0.15) is 10.4 Å². The van der Waals surface area contributed by atoms with Gasteiger partial charge in [-0.3, -0.25) is 14.6 Å². The van der Waals surface area contributed by atoms with Crippen molar-refractivity contribution in [1.29, 1.82) is 0 Å². The molecule has 0 saturated carbocycles. The third-order valence-corrected chi connectivity index (χ3v) is 4.28. The summed E-state index contributed by atoms with van der Waals surface area (Å²) in [5.41, 5.74) is 0.194. The number of amides is 1. The van der Waals surface area contributed by atoms with Crippen LogP contribution in [0.2, 0.25) is 0 Å². The first-order valence-electron chi connectivity index (χ1n) is 7.18. The molecule has 0 saturated heterocycles. The van der Waals surface area contributed by atoms with Crippen LogP contribution in [0.25, 0.3) is 0 Å². The largest absolute Gasteiger partial charge is 0.494 e. The summed E-state index contributed by atoms with van der Waals surface area (Å²) in [6, 6.07) is 19.6. The van der Waals surface area contributed by atoms with Crippen molar-refractivity contribution in [2.24, 2.45) is 0 Å². The first-order chi connectivity index (χ1) is 11.6. The number of aromatic nitrogens is 1. The van der Waals surface area contributed by atoms with Crippen molar-refractivity contribution in [3.05, 3.63) is 82.6 Å². The lowest BCUT2D eigenvalue weighted by Crippen LogP contribution is -2.16. The van der Waals surface area contributed by atoms with Crippen LogP contribution in [-0.4, -0.2) is 16.0 Å². The van der Waals surface area contributed by atoms with E-state index in [4.69, 9.17) is 0 Å². The molecule has 3 rings (SSSR count). The number of hydrogen-bond donors (Lipinski definition) is 3. The van der Waals surface area contributed by atoms with E-state index in [0.717, 1.165) is 15.9 Å². The molecule has 0 spiro atoms. The number of benzene rings is 2. The molecule has 0 radical (unpaired) electrons. The Kier molecular flexibility index (Phi) is 4.67. The van der Waals surface area contributed by atoms with Crippen LogP contribution in [0.5, 0.6) is 5.88 Å². The summed E-state index contributed by atoms with van der Waals surface area (Å²) >= 11 is 1.53. The number of para-hydroxylation sites is 1. The predicted octanol–water partition coefficient (Wildman–Crippen LogP) is 3.48. The van der Waals surface area contributed by atoms with Gasteiger partial charge in [-0.05, 0) is 24.3 Å². The fourth-order valence-corrected chi connectivity index (χ4v) is 3.05. The zero-order valence-corrected chi connectivity index (χ0v) is 13.3. The van der Waals surface area contributed by atoms with E-state index in [0.29, 0.717) is 5.69 Å². The van der Waals surface area contributed by atoms with Gasteiger partial charge in [0.2, 0.25) is 0 Å². The van der Waals surface area contributed by atoms with Gasteiger partial charge in [-0.15, -0.1) is 0 Å². The van der Waals surface area contributed by atoms with E-state index >= 15 is 0 Å². The minimum atomic E-state index is -0.535. The Hall–Kier alpha value is -2.99. The molecule has 1 aromatic heterocycles. The van der Waals surface area contributed by atoms with Gasteiger partial charge in [0.1, 0.15) is 0 Å². The predicted molar refractivity (Wildman–Crippen MR) is 93.7 cm³/mol. The zero-order valence-electron chi connectivity index (χ0n) is 12.5. The summed E-state index contributed by atoms with van der Waals surface area (Å²) < 4.78 is 0. The highest BCUT2D eigenvalue weighted by atomic mass is 32.2. The lowest BCUT2D eigenvalue weighted by molar-refractivity contribution is 0.102. The van der Waals surface area contributed by atoms with Gasteiger partial charge in [0.25, 0.3) is 11.5 Å². The maximum atomic E-state index is 12.3. The van der Waals surface area contributed by atoms with Gasteiger partial charge in [0, 0.05) is 21.9 Å². The Morgan fingerprint density at radius 3 is 2.46 bits per heavy atom. The molecule has 24 heavy (non-hydrogen) atoms. The first kappa shape index (κ1) is 15.9. The lowest BCUT2D eigenvalue weighted by Gasteiger charge is -2.11. The summed E-state index contributed by atoms with van der Waals surface area (Å²) in [5.74, 6) is -0.808. The molecule has 0 aliphatic rings. The molecular formula is C18H14N2O3S. The van der Waals surface area contributed by atoms with E-state index in [1.807, 2.05) is 48.5 Å². The molecule has 5 nitrogen and oxygen atoms in total. The molecule has 0 aliphatic carbocycles. The van der Waals surface area contributed by atoms with Crippen LogP contribution >= 0.6 is 11.8 Å². The monoisotopic (exact) mass is 338 g/mol. The molecule has 2 aromatic carbocycles. The van der Waals surface area contributed by atoms with E-state index in [1.165, 1.54) is 17.8 Å². The number of hydrogen-bond acceptors (Lipinski definition) is 4. The van der Waals surface area contributed by atoms with Gasteiger partial charge in [-0.1, -0.05) is 42.1 Å². The van der Waals surface area contributed by atoms with Crippen molar-refractivity contribution in [3.8, 4) is 5.88 Å². The van der Waals surface area contributed by atoms with Crippen molar-refractivity contribution in [3.63, 3.8) is 0 Å². The minimum absolute atomic E-state index is 0.0933. The second-order valence-corrected chi connectivity index (χ2v) is 6.10. The number of carbonyl (C=O) groups excluding carboxylic acids is 1. The number of rotatable bonds is 4. The smallest absolute Gasteiger partial charge is 0.256 e. The van der Waals surface area contributed by atoms with E-state index in [9.17, 15) is 14.7 Å². The normalized spacial score (nSPS) is 10.3. The van der Waals surface area contributed by atoms with Crippen molar-refractivity contribution in [1.82, 2.24) is 4.98 Å². The van der Waals surface area contributed by atoms with E-state index in [-0.39, 0.29) is 11.4 Å². The highest BCUT2D eigenvalue weighted by molar-refractivity contribution is 7.99. The lowest BCUT2D eigenvalue weighted by atomic mass is 10.2. The van der Waals surface area contributed by atoms with E-state index in [2.05, 4.69) is 10.3 Å². The summed E-state index contributed by atoms with van der Waals surface area (Å²) in [4.78, 5) is 27.8. The van der Waals surface area contributed by atoms with Gasteiger partial charge in [-0.2, -0.15) is 0 Å². The van der Waals surface area contributed by atoms with Gasteiger partial charge >= 0.3 is 0 Å². The average Bonchev–Trinajstić information content (AvgIpc) is 2.56. The summed E-state index contributed by atoms with van der Waals surface area (Å²) in [5, 5.41) is 12.2. The van der Waals surface area contributed by atoms with Crippen molar-refractivity contribution in [2.45, 2.75) is 9.79 Å². The van der Waals surface area contributed by atoms with Crippen molar-refractivity contribution in [2.75, 3.05) is 5.32 Å². The highest BCUT2D eigenvalue weighted by Gasteiger charge is 2.11. The Bertz CT molecular complexity index is 923. The standard InChI is InChI=1S/C18H14N2O3S/c21-16-10-12(11-17(22)20-16)18(23)19-14-8-4-5-9-15(14)24-13-6-2-1-3-7-13/h1-11H,(H,19,23)(H2,20,21,22). The third-order valence-electron chi connectivity index (χ3n) is 3.20. The molecule has 0 unspecified atom stereocenters. The molecule has 120 valence electrons. The highest BCUT2D eigenvalue weighted by Crippen LogP contribution is 2.33. The Labute approximate surface area is 142 Å². The number of carbonyl (C=O) groups is 1. The Morgan fingerprint density at radius 1 is 1.00 bits per heavy atom. The summed E-state index contributed by atoms with van der Waals surface area (Å²) in [6.07, 6.45) is 0. The van der Waals surface area contributed by atoms with Crippen molar-refractivity contribution >= 4 is 23.4 Å². The molecular weight excluding hydrogens is 324 g/mol. The number of H-pyrrole nitrogens is 1. The Balaban J connectivity index is 1.85. The number of nitrogens with one attached hydrogen (secondary N) is 2. The molecule has 6 heteroatoms. The SMILES string of the molecule is O=C(Nc1ccccc1Sc1ccccc1)c1cc(O)[nH]c(=O)c1. The van der Waals surface area contributed by atoms with Crippen LogP contribution in [0.4, 0.5) is 5.69 Å². The maximum absolute atomic E-state index is 12.3. The minimum Gasteiger partial charge on any atom is -0.494 e. The number of anilines is 1. The van der Waals surface area contributed by atoms with Crippen LogP contribution in [0.3, 0.4) is 0 Å². The molecule has 1 heterocycles. The topological polar surface area (TPSA) is 82.2 Å². The first-order valence-corrected chi connectivity index (χ1v) is 8.00. The maximum Gasteiger partial charge on any atom is 0.256 e. The van der Waals surface area contributed by atoms with Gasteiger partial charge in [0.15, 0.2) is 5.88 Å². The molecule has 0 bridgehead atoms. The Morgan fingerprint density at radius 2 is 1.71 bits per heavy atom. The quantitative estimate of drug-likeness (QED) is 0.680. The van der Waals surface area contributed by atoms with Crippen molar-refractivity contribution < 1.29 is 9.90 Å². The molecule has 1 amide bonds. The van der Waals surface area contributed by atoms with Gasteiger partial charge in [-0.25, -0.2) is 0 Å². The van der Waals surface area contributed by atoms with Crippen LogP contribution in [0, 0.1) is 0 Å². The molecule has 0 atom stereocenters. The number of pyridine rings is 1. The van der Waals surface area contributed by atoms with E-state index in [1.54, 1.807) is 6.07 Å². The molecule has 3 N–H and O–H groups in total. The van der Waals surface area contributed by atoms with Gasteiger partial charge in [0.05, 0.1) is 11.3 Å². The van der Waals surface area contributed by atoms with Crippen LogP contribution < -0.4 is 10.9 Å². The van der Waals surface area contributed by atoms with Gasteiger partial charge < -0.3 is 10.4 Å². The number of aromatic hydroxyl groups is 1.